The van der Waals surface area contributed by atoms with Crippen molar-refractivity contribution in [1.29, 1.82) is 0 Å². The minimum absolute atomic E-state index is 0.0688. The summed E-state index contributed by atoms with van der Waals surface area (Å²) >= 11 is 0. The Morgan fingerprint density at radius 1 is 0.964 bits per heavy atom. The summed E-state index contributed by atoms with van der Waals surface area (Å²) in [7, 11) is -11.9. The second kappa shape index (κ2) is 7.08. The van der Waals surface area contributed by atoms with E-state index in [-0.39, 0.29) is 17.1 Å². The van der Waals surface area contributed by atoms with E-state index >= 15 is 0 Å². The molecule has 28 heavy (non-hydrogen) atoms. The smallest absolute Gasteiger partial charge is 0.262 e. The zero-order chi connectivity index (χ0) is 20.7. The van der Waals surface area contributed by atoms with Gasteiger partial charge >= 0.3 is 0 Å². The van der Waals surface area contributed by atoms with Crippen LogP contribution in [0.3, 0.4) is 0 Å². The largest absolute Gasteiger partial charge is 0.277 e. The van der Waals surface area contributed by atoms with E-state index in [9.17, 15) is 34.0 Å². The van der Waals surface area contributed by atoms with E-state index in [1.807, 2.05) is 4.72 Å². The Morgan fingerprint density at radius 2 is 1.64 bits per heavy atom. The molecule has 2 aromatic carbocycles. The Hall–Kier alpha value is -2.05. The third-order valence-corrected chi connectivity index (χ3v) is 9.78. The van der Waals surface area contributed by atoms with Gasteiger partial charge < -0.3 is 0 Å². The molecule has 1 heterocycles. The predicted molar refractivity (Wildman–Crippen MR) is 97.9 cm³/mol. The summed E-state index contributed by atoms with van der Waals surface area (Å²) in [5.74, 6) is -2.80. The maximum absolute atomic E-state index is 13.7. The first-order valence-corrected chi connectivity index (χ1v) is 12.8. The molecule has 0 aromatic heterocycles. The molecule has 3 rings (SSSR count). The van der Waals surface area contributed by atoms with Crippen LogP contribution in [-0.2, 0) is 29.7 Å². The Balaban J connectivity index is 1.94. The summed E-state index contributed by atoms with van der Waals surface area (Å²) in [6.07, 6.45) is -0.0688. The summed E-state index contributed by atoms with van der Waals surface area (Å²) < 4.78 is 102. The minimum Gasteiger partial charge on any atom is -0.277 e. The van der Waals surface area contributed by atoms with Gasteiger partial charge in [-0.2, -0.15) is 0 Å². The summed E-state index contributed by atoms with van der Waals surface area (Å²) in [5, 5.41) is -1.15. The molecule has 1 N–H and O–H groups in total. The number of anilines is 1. The molecule has 0 spiro atoms. The standard InChI is InChI=1S/C16H15F2NO6S3/c17-11-4-5-16(15(18)8-11)19-28(24,25)13-3-1-2-12(9-13)27(22,23)14-6-7-26(20,21)10-14/h1-5,8-9,14,19H,6-7,10H2/t14-/m1/s1. The van der Waals surface area contributed by atoms with Crippen molar-refractivity contribution >= 4 is 35.4 Å². The topological polar surface area (TPSA) is 114 Å². The highest BCUT2D eigenvalue weighted by molar-refractivity contribution is 7.96. The summed E-state index contributed by atoms with van der Waals surface area (Å²) in [6, 6.07) is 6.59. The number of hydrogen-bond donors (Lipinski definition) is 1. The number of halogens is 2. The van der Waals surface area contributed by atoms with Gasteiger partial charge in [0.1, 0.15) is 11.6 Å². The highest BCUT2D eigenvalue weighted by Gasteiger charge is 2.38. The first-order chi connectivity index (χ1) is 12.9. The third kappa shape index (κ3) is 4.18. The maximum atomic E-state index is 13.7. The fourth-order valence-electron chi connectivity index (χ4n) is 2.79. The van der Waals surface area contributed by atoms with Gasteiger partial charge in [-0.15, -0.1) is 0 Å². The SMILES string of the molecule is O=S1(=O)CC[C@@H](S(=O)(=O)c2cccc(S(=O)(=O)Nc3ccc(F)cc3F)c2)C1. The Labute approximate surface area is 161 Å². The molecule has 0 unspecified atom stereocenters. The van der Waals surface area contributed by atoms with Crippen LogP contribution >= 0.6 is 0 Å². The molecule has 7 nitrogen and oxygen atoms in total. The summed E-state index contributed by atoms with van der Waals surface area (Å²) in [6.45, 7) is 0. The lowest BCUT2D eigenvalue weighted by Crippen LogP contribution is -2.23. The number of nitrogens with one attached hydrogen (secondary N) is 1. The van der Waals surface area contributed by atoms with Gasteiger partial charge in [-0.3, -0.25) is 4.72 Å². The average Bonchev–Trinajstić information content (AvgIpc) is 2.98. The molecule has 0 bridgehead atoms. The molecule has 0 saturated carbocycles. The van der Waals surface area contributed by atoms with E-state index in [1.54, 1.807) is 0 Å². The van der Waals surface area contributed by atoms with Crippen LogP contribution in [0.15, 0.2) is 52.3 Å². The molecule has 0 radical (unpaired) electrons. The molecular weight excluding hydrogens is 436 g/mol. The summed E-state index contributed by atoms with van der Waals surface area (Å²) in [5.41, 5.74) is -0.503. The molecule has 0 aliphatic carbocycles. The minimum atomic E-state index is -4.37. The van der Waals surface area contributed by atoms with Gasteiger partial charge in [-0.25, -0.2) is 34.0 Å². The number of sulfone groups is 2. The summed E-state index contributed by atoms with van der Waals surface area (Å²) in [4.78, 5) is -0.810. The van der Waals surface area contributed by atoms with Crippen molar-refractivity contribution < 1.29 is 34.0 Å². The van der Waals surface area contributed by atoms with Crippen LogP contribution in [-0.4, -0.2) is 42.0 Å². The van der Waals surface area contributed by atoms with Crippen LogP contribution < -0.4 is 4.72 Å². The molecule has 152 valence electrons. The van der Waals surface area contributed by atoms with Crippen molar-refractivity contribution in [1.82, 2.24) is 0 Å². The number of hydrogen-bond acceptors (Lipinski definition) is 6. The van der Waals surface area contributed by atoms with E-state index in [1.165, 1.54) is 6.07 Å². The van der Waals surface area contributed by atoms with Gasteiger partial charge in [0.2, 0.25) is 0 Å². The van der Waals surface area contributed by atoms with Crippen LogP contribution in [0.4, 0.5) is 14.5 Å². The molecule has 1 aliphatic heterocycles. The van der Waals surface area contributed by atoms with Crippen LogP contribution in [0.25, 0.3) is 0 Å². The number of rotatable bonds is 5. The number of sulfonamides is 1. The van der Waals surface area contributed by atoms with E-state index < -0.39 is 62.9 Å². The molecule has 1 atom stereocenters. The van der Waals surface area contributed by atoms with E-state index in [4.69, 9.17) is 0 Å². The van der Waals surface area contributed by atoms with Crippen molar-refractivity contribution in [2.75, 3.05) is 16.2 Å². The lowest BCUT2D eigenvalue weighted by molar-refractivity contribution is 0.580. The molecule has 1 aliphatic rings. The first-order valence-electron chi connectivity index (χ1n) is 7.93. The Morgan fingerprint density at radius 3 is 2.25 bits per heavy atom. The predicted octanol–water partition coefficient (Wildman–Crippen LogP) is 1.73. The Bertz CT molecular complexity index is 1240. The van der Waals surface area contributed by atoms with E-state index in [0.29, 0.717) is 6.07 Å². The van der Waals surface area contributed by atoms with E-state index in [0.717, 1.165) is 30.3 Å². The van der Waals surface area contributed by atoms with Crippen LogP contribution in [0.1, 0.15) is 6.42 Å². The van der Waals surface area contributed by atoms with Crippen molar-refractivity contribution in [3.05, 3.63) is 54.1 Å². The van der Waals surface area contributed by atoms with Gasteiger partial charge in [0, 0.05) is 6.07 Å². The highest BCUT2D eigenvalue weighted by Crippen LogP contribution is 2.27. The maximum Gasteiger partial charge on any atom is 0.262 e. The average molecular weight is 451 g/mol. The third-order valence-electron chi connectivity index (χ3n) is 4.25. The Kier molecular flexibility index (Phi) is 5.23. The lowest BCUT2D eigenvalue weighted by atomic mass is 10.3. The van der Waals surface area contributed by atoms with E-state index in [2.05, 4.69) is 0 Å². The van der Waals surface area contributed by atoms with Crippen LogP contribution in [0.5, 0.6) is 0 Å². The highest BCUT2D eigenvalue weighted by atomic mass is 32.2. The zero-order valence-corrected chi connectivity index (χ0v) is 16.6. The second-order valence-corrected chi connectivity index (χ2v) is 12.4. The first kappa shape index (κ1) is 20.7. The quantitative estimate of drug-likeness (QED) is 0.741. The molecule has 1 fully saturated rings. The number of benzene rings is 2. The fourth-order valence-corrected chi connectivity index (χ4v) is 8.38. The normalized spacial score (nSPS) is 19.4. The molecule has 2 aromatic rings. The van der Waals surface area contributed by atoms with Crippen LogP contribution in [0, 0.1) is 11.6 Å². The van der Waals surface area contributed by atoms with Crippen molar-refractivity contribution in [3.63, 3.8) is 0 Å². The molecule has 1 saturated heterocycles. The second-order valence-electron chi connectivity index (χ2n) is 6.27. The molecule has 12 heteroatoms. The van der Waals surface area contributed by atoms with Gasteiger partial charge in [-0.05, 0) is 36.8 Å². The van der Waals surface area contributed by atoms with Gasteiger partial charge in [0.05, 0.1) is 32.2 Å². The fraction of sp³-hybridized carbons (Fsp3) is 0.250. The van der Waals surface area contributed by atoms with Crippen molar-refractivity contribution in [3.8, 4) is 0 Å². The lowest BCUT2D eigenvalue weighted by Gasteiger charge is -2.13. The molecule has 0 amide bonds. The van der Waals surface area contributed by atoms with Gasteiger partial charge in [-0.1, -0.05) is 6.07 Å². The van der Waals surface area contributed by atoms with Crippen LogP contribution in [0.2, 0.25) is 0 Å². The van der Waals surface area contributed by atoms with Gasteiger partial charge in [0.25, 0.3) is 10.0 Å². The molecular formula is C16H15F2NO6S3. The van der Waals surface area contributed by atoms with Crippen molar-refractivity contribution in [2.45, 2.75) is 21.5 Å². The van der Waals surface area contributed by atoms with Crippen molar-refractivity contribution in [2.24, 2.45) is 0 Å². The monoisotopic (exact) mass is 451 g/mol. The zero-order valence-electron chi connectivity index (χ0n) is 14.2. The van der Waals surface area contributed by atoms with Gasteiger partial charge in [0.15, 0.2) is 19.7 Å².